The number of carbonyl (C=O) groups excluding carboxylic acids is 2. The molecule has 0 aliphatic carbocycles. The van der Waals surface area contributed by atoms with E-state index in [0.717, 1.165) is 13.1 Å². The highest BCUT2D eigenvalue weighted by Crippen LogP contribution is 2.28. The Bertz CT molecular complexity index is 515. The van der Waals surface area contributed by atoms with Gasteiger partial charge in [-0.1, -0.05) is 11.3 Å². The van der Waals surface area contributed by atoms with Gasteiger partial charge in [-0.25, -0.2) is 9.78 Å². The molecule has 1 aliphatic rings. The Balaban J connectivity index is 1.91. The number of amides is 2. The van der Waals surface area contributed by atoms with Crippen molar-refractivity contribution in [2.75, 3.05) is 50.1 Å². The summed E-state index contributed by atoms with van der Waals surface area (Å²) in [5.41, 5.74) is 10.6. The molecule has 0 atom stereocenters. The van der Waals surface area contributed by atoms with Crippen LogP contribution in [-0.2, 0) is 9.47 Å². The maximum atomic E-state index is 12.0. The molecule has 2 amide bonds. The Morgan fingerprint density at radius 2 is 2.14 bits per heavy atom. The monoisotopic (exact) mass is 315 g/mol. The number of nitrogens with zero attached hydrogens (tertiary/aromatic N) is 2. The van der Waals surface area contributed by atoms with E-state index in [1.54, 1.807) is 0 Å². The number of morpholine rings is 1. The molecule has 0 aromatic carbocycles. The zero-order valence-corrected chi connectivity index (χ0v) is 12.1. The van der Waals surface area contributed by atoms with Crippen LogP contribution in [0, 0.1) is 0 Å². The van der Waals surface area contributed by atoms with Crippen molar-refractivity contribution in [3.63, 3.8) is 0 Å². The normalized spacial score (nSPS) is 14.8. The number of ether oxygens (including phenoxy) is 2. The highest BCUT2D eigenvalue weighted by Gasteiger charge is 2.20. The molecule has 0 saturated carbocycles. The molecule has 0 unspecified atom stereocenters. The molecule has 0 bridgehead atoms. The minimum Gasteiger partial charge on any atom is -0.448 e. The number of nitrogen functional groups attached to an aromatic ring is 1. The smallest absolute Gasteiger partial charge is 0.404 e. The number of thiazole rings is 1. The van der Waals surface area contributed by atoms with E-state index in [2.05, 4.69) is 15.0 Å². The molecule has 1 saturated heterocycles. The molecule has 116 valence electrons. The van der Waals surface area contributed by atoms with E-state index in [4.69, 9.17) is 16.2 Å². The van der Waals surface area contributed by atoms with Gasteiger partial charge in [-0.15, -0.1) is 0 Å². The standard InChI is InChI=1S/C11H17N5O4S/c12-8-7(9(17)14-1-4-20-10(13)18)21-11(15-8)16-2-5-19-6-3-16/h1-6,12H2,(H2,13,18)(H,14,17). The summed E-state index contributed by atoms with van der Waals surface area (Å²) >= 11 is 1.23. The lowest BCUT2D eigenvalue weighted by Gasteiger charge is -2.25. The molecule has 10 heteroatoms. The van der Waals surface area contributed by atoms with Gasteiger partial charge in [0.1, 0.15) is 17.3 Å². The van der Waals surface area contributed by atoms with Gasteiger partial charge < -0.3 is 31.2 Å². The molecule has 1 aliphatic heterocycles. The van der Waals surface area contributed by atoms with Gasteiger partial charge in [0.15, 0.2) is 5.13 Å². The van der Waals surface area contributed by atoms with Crippen LogP contribution >= 0.6 is 11.3 Å². The van der Waals surface area contributed by atoms with Gasteiger partial charge in [-0.2, -0.15) is 0 Å². The third-order valence-electron chi connectivity index (χ3n) is 2.76. The molecule has 2 rings (SSSR count). The summed E-state index contributed by atoms with van der Waals surface area (Å²) in [6.45, 7) is 2.87. The van der Waals surface area contributed by atoms with Crippen LogP contribution in [0.2, 0.25) is 0 Å². The third kappa shape index (κ3) is 4.20. The molecule has 0 spiro atoms. The predicted molar refractivity (Wildman–Crippen MR) is 77.4 cm³/mol. The number of rotatable bonds is 5. The molecule has 1 aromatic rings. The van der Waals surface area contributed by atoms with Crippen molar-refractivity contribution in [3.05, 3.63) is 4.88 Å². The van der Waals surface area contributed by atoms with Gasteiger partial charge in [0, 0.05) is 13.1 Å². The van der Waals surface area contributed by atoms with Crippen molar-refractivity contribution in [2.45, 2.75) is 0 Å². The minimum atomic E-state index is -0.879. The molecule has 9 nitrogen and oxygen atoms in total. The molecular formula is C11H17N5O4S. The van der Waals surface area contributed by atoms with Gasteiger partial charge in [-0.3, -0.25) is 4.79 Å². The largest absolute Gasteiger partial charge is 0.448 e. The second kappa shape index (κ2) is 7.09. The number of hydrogen-bond acceptors (Lipinski definition) is 8. The number of aromatic nitrogens is 1. The molecular weight excluding hydrogens is 298 g/mol. The van der Waals surface area contributed by atoms with Crippen LogP contribution in [-0.4, -0.2) is 56.4 Å². The number of nitrogens with one attached hydrogen (secondary N) is 1. The van der Waals surface area contributed by atoms with Gasteiger partial charge in [0.2, 0.25) is 0 Å². The fourth-order valence-corrected chi connectivity index (χ4v) is 2.72. The summed E-state index contributed by atoms with van der Waals surface area (Å²) in [5, 5.41) is 3.29. The van der Waals surface area contributed by atoms with Crippen LogP contribution in [0.1, 0.15) is 9.67 Å². The number of carbonyl (C=O) groups is 2. The first-order valence-corrected chi connectivity index (χ1v) is 7.19. The average molecular weight is 315 g/mol. The first-order valence-electron chi connectivity index (χ1n) is 6.37. The number of nitrogens with two attached hydrogens (primary N) is 2. The topological polar surface area (TPSA) is 133 Å². The van der Waals surface area contributed by atoms with E-state index in [9.17, 15) is 9.59 Å². The Kier molecular flexibility index (Phi) is 5.17. The first-order chi connectivity index (χ1) is 10.1. The molecule has 1 aromatic heterocycles. The zero-order chi connectivity index (χ0) is 15.2. The van der Waals surface area contributed by atoms with E-state index in [-0.39, 0.29) is 24.9 Å². The summed E-state index contributed by atoms with van der Waals surface area (Å²) in [6.07, 6.45) is -0.879. The summed E-state index contributed by atoms with van der Waals surface area (Å²) < 4.78 is 9.78. The highest BCUT2D eigenvalue weighted by atomic mass is 32.1. The molecule has 2 heterocycles. The van der Waals surface area contributed by atoms with Crippen molar-refractivity contribution in [2.24, 2.45) is 5.73 Å². The van der Waals surface area contributed by atoms with Gasteiger partial charge in [-0.05, 0) is 0 Å². The third-order valence-corrected chi connectivity index (χ3v) is 3.89. The quantitative estimate of drug-likeness (QED) is 0.617. The highest BCUT2D eigenvalue weighted by molar-refractivity contribution is 7.18. The molecule has 1 fully saturated rings. The van der Waals surface area contributed by atoms with Crippen LogP contribution in [0.5, 0.6) is 0 Å². The lowest BCUT2D eigenvalue weighted by molar-refractivity contribution is 0.0941. The average Bonchev–Trinajstić information content (AvgIpc) is 2.86. The molecule has 0 radical (unpaired) electrons. The van der Waals surface area contributed by atoms with E-state index in [1.165, 1.54) is 11.3 Å². The fraction of sp³-hybridized carbons (Fsp3) is 0.545. The Labute approximate surface area is 125 Å². The van der Waals surface area contributed by atoms with Crippen molar-refractivity contribution >= 4 is 34.3 Å². The maximum absolute atomic E-state index is 12.0. The maximum Gasteiger partial charge on any atom is 0.404 e. The first kappa shape index (κ1) is 15.3. The predicted octanol–water partition coefficient (Wildman–Crippen LogP) is -0.613. The van der Waals surface area contributed by atoms with E-state index >= 15 is 0 Å². The van der Waals surface area contributed by atoms with Crippen LogP contribution in [0.4, 0.5) is 15.7 Å². The molecule has 5 N–H and O–H groups in total. The van der Waals surface area contributed by atoms with Crippen molar-refractivity contribution in [1.29, 1.82) is 0 Å². The van der Waals surface area contributed by atoms with Gasteiger partial charge in [0.05, 0.1) is 19.8 Å². The van der Waals surface area contributed by atoms with E-state index in [1.807, 2.05) is 4.90 Å². The Morgan fingerprint density at radius 1 is 1.43 bits per heavy atom. The van der Waals surface area contributed by atoms with E-state index in [0.29, 0.717) is 23.2 Å². The van der Waals surface area contributed by atoms with Crippen LogP contribution in [0.25, 0.3) is 0 Å². The van der Waals surface area contributed by atoms with Crippen LogP contribution in [0.15, 0.2) is 0 Å². The number of hydrogen-bond donors (Lipinski definition) is 3. The number of anilines is 2. The van der Waals surface area contributed by atoms with Crippen LogP contribution in [0.3, 0.4) is 0 Å². The summed E-state index contributed by atoms with van der Waals surface area (Å²) in [6, 6.07) is 0. The lowest BCUT2D eigenvalue weighted by Crippen LogP contribution is -2.36. The van der Waals surface area contributed by atoms with Crippen molar-refractivity contribution < 1.29 is 19.1 Å². The van der Waals surface area contributed by atoms with Crippen molar-refractivity contribution in [3.8, 4) is 0 Å². The minimum absolute atomic E-state index is 0.0100. The fourth-order valence-electron chi connectivity index (χ4n) is 1.77. The Hall–Kier alpha value is -2.07. The van der Waals surface area contributed by atoms with E-state index < -0.39 is 6.09 Å². The number of primary amides is 1. The lowest BCUT2D eigenvalue weighted by atomic mass is 10.4. The van der Waals surface area contributed by atoms with Gasteiger partial charge in [0.25, 0.3) is 5.91 Å². The SMILES string of the molecule is NC(=O)OCCNC(=O)c1sc(N2CCOCC2)nc1N. The summed E-state index contributed by atoms with van der Waals surface area (Å²) in [4.78, 5) is 28.9. The Morgan fingerprint density at radius 3 is 2.81 bits per heavy atom. The zero-order valence-electron chi connectivity index (χ0n) is 11.3. The second-order valence-corrected chi connectivity index (χ2v) is 5.21. The second-order valence-electron chi connectivity index (χ2n) is 4.23. The molecule has 21 heavy (non-hydrogen) atoms. The summed E-state index contributed by atoms with van der Waals surface area (Å²) in [5.74, 6) is -0.160. The van der Waals surface area contributed by atoms with Gasteiger partial charge >= 0.3 is 6.09 Å². The van der Waals surface area contributed by atoms with Crippen LogP contribution < -0.4 is 21.7 Å². The van der Waals surface area contributed by atoms with Crippen molar-refractivity contribution in [1.82, 2.24) is 10.3 Å². The summed E-state index contributed by atoms with van der Waals surface area (Å²) in [7, 11) is 0.